The van der Waals surface area contributed by atoms with Crippen molar-refractivity contribution in [3.63, 3.8) is 0 Å². The zero-order valence-electron chi connectivity index (χ0n) is 18.8. The van der Waals surface area contributed by atoms with Gasteiger partial charge in [-0.05, 0) is 44.4 Å². The van der Waals surface area contributed by atoms with Gasteiger partial charge in [-0.25, -0.2) is 0 Å². The van der Waals surface area contributed by atoms with Crippen molar-refractivity contribution in [3.8, 4) is 0 Å². The normalized spacial score (nSPS) is 29.9. The number of thiophene rings is 1. The lowest BCUT2D eigenvalue weighted by Crippen LogP contribution is -2.58. The molecular formula is C25H27N3O4S. The van der Waals surface area contributed by atoms with Crippen LogP contribution in [0.15, 0.2) is 60.0 Å². The molecule has 2 saturated heterocycles. The molecule has 172 valence electrons. The van der Waals surface area contributed by atoms with E-state index in [1.54, 1.807) is 23.5 Å². The number of carbonyl (C=O) groups is 3. The predicted molar refractivity (Wildman–Crippen MR) is 126 cm³/mol. The minimum absolute atomic E-state index is 0.233. The first kappa shape index (κ1) is 21.9. The Morgan fingerprint density at radius 3 is 2.55 bits per heavy atom. The van der Waals surface area contributed by atoms with Gasteiger partial charge in [-0.1, -0.05) is 36.4 Å². The third-order valence-electron chi connectivity index (χ3n) is 6.38. The van der Waals surface area contributed by atoms with Gasteiger partial charge in [0, 0.05) is 16.1 Å². The summed E-state index contributed by atoms with van der Waals surface area (Å²) in [7, 11) is 0. The van der Waals surface area contributed by atoms with E-state index >= 15 is 0 Å². The van der Waals surface area contributed by atoms with E-state index in [4.69, 9.17) is 4.74 Å². The van der Waals surface area contributed by atoms with Crippen LogP contribution < -0.4 is 15.5 Å². The molecule has 3 aliphatic rings. The lowest BCUT2D eigenvalue weighted by atomic mass is 9.74. The van der Waals surface area contributed by atoms with Gasteiger partial charge >= 0.3 is 0 Å². The number of hydrogen-bond donors (Lipinski definition) is 2. The molecule has 0 saturated carbocycles. The maximum absolute atomic E-state index is 13.9. The zero-order chi connectivity index (χ0) is 23.4. The Morgan fingerprint density at radius 2 is 1.88 bits per heavy atom. The van der Waals surface area contributed by atoms with E-state index < -0.39 is 35.1 Å². The molecule has 2 bridgehead atoms. The van der Waals surface area contributed by atoms with Crippen molar-refractivity contribution < 1.29 is 19.1 Å². The van der Waals surface area contributed by atoms with Crippen LogP contribution in [0.5, 0.6) is 0 Å². The van der Waals surface area contributed by atoms with Gasteiger partial charge in [0.1, 0.15) is 11.6 Å². The fraction of sp³-hybridized carbons (Fsp3) is 0.400. The van der Waals surface area contributed by atoms with Gasteiger partial charge < -0.3 is 15.4 Å². The van der Waals surface area contributed by atoms with Gasteiger partial charge in [0.15, 0.2) is 0 Å². The highest BCUT2D eigenvalue weighted by atomic mass is 32.1. The van der Waals surface area contributed by atoms with Crippen molar-refractivity contribution in [2.75, 3.05) is 4.90 Å². The highest BCUT2D eigenvalue weighted by Gasteiger charge is 2.73. The Morgan fingerprint density at radius 1 is 1.12 bits per heavy atom. The number of amides is 3. The number of carbonyl (C=O) groups excluding carboxylic acids is 3. The average molecular weight is 466 g/mol. The summed E-state index contributed by atoms with van der Waals surface area (Å²) < 4.78 is 6.33. The molecular weight excluding hydrogens is 438 g/mol. The number of hydrogen-bond acceptors (Lipinski definition) is 5. The molecule has 1 spiro atoms. The largest absolute Gasteiger partial charge is 0.359 e. The minimum Gasteiger partial charge on any atom is -0.359 e. The molecule has 33 heavy (non-hydrogen) atoms. The van der Waals surface area contributed by atoms with E-state index in [0.29, 0.717) is 12.2 Å². The van der Waals surface area contributed by atoms with Gasteiger partial charge in [0.2, 0.25) is 17.7 Å². The molecule has 5 rings (SSSR count). The number of anilines is 1. The molecule has 2 N–H and O–H groups in total. The molecule has 5 atom stereocenters. The lowest BCUT2D eigenvalue weighted by molar-refractivity contribution is -0.132. The van der Waals surface area contributed by atoms with Gasteiger partial charge in [-0.15, -0.1) is 11.3 Å². The SMILES string of the molecule is CC(C)(C)NC(=O)C1N(c2ccccc2)C(=O)C2C(C(=O)NCc3cccs3)C3C=CC21O3. The Balaban J connectivity index is 1.51. The second-order valence-corrected chi connectivity index (χ2v) is 10.8. The number of fused-ring (bicyclic) bond motifs is 1. The van der Waals surface area contributed by atoms with Crippen molar-refractivity contribution in [3.05, 3.63) is 64.9 Å². The summed E-state index contributed by atoms with van der Waals surface area (Å²) in [6, 6.07) is 12.1. The third kappa shape index (κ3) is 3.57. The first-order valence-electron chi connectivity index (χ1n) is 11.1. The van der Waals surface area contributed by atoms with Crippen molar-refractivity contribution in [2.24, 2.45) is 11.8 Å². The van der Waals surface area contributed by atoms with E-state index in [1.807, 2.05) is 68.6 Å². The number of nitrogens with zero attached hydrogens (tertiary/aromatic N) is 1. The third-order valence-corrected chi connectivity index (χ3v) is 7.25. The first-order valence-corrected chi connectivity index (χ1v) is 12.0. The molecule has 8 heteroatoms. The van der Waals surface area contributed by atoms with Crippen LogP contribution in [0.25, 0.3) is 0 Å². The van der Waals surface area contributed by atoms with Crippen molar-refractivity contribution in [1.82, 2.24) is 10.6 Å². The molecule has 0 aliphatic carbocycles. The van der Waals surface area contributed by atoms with Crippen LogP contribution in [0.1, 0.15) is 25.6 Å². The number of para-hydroxylation sites is 1. The van der Waals surface area contributed by atoms with Crippen molar-refractivity contribution >= 4 is 34.7 Å². The average Bonchev–Trinajstić information content (AvgIpc) is 3.53. The van der Waals surface area contributed by atoms with Crippen molar-refractivity contribution in [2.45, 2.75) is 50.6 Å². The van der Waals surface area contributed by atoms with Gasteiger partial charge in [-0.2, -0.15) is 0 Å². The van der Waals surface area contributed by atoms with Crippen LogP contribution in [0, 0.1) is 11.8 Å². The van der Waals surface area contributed by atoms with Gasteiger partial charge in [0.25, 0.3) is 0 Å². The lowest BCUT2D eigenvalue weighted by Gasteiger charge is -2.34. The van der Waals surface area contributed by atoms with E-state index in [-0.39, 0.29) is 17.7 Å². The van der Waals surface area contributed by atoms with E-state index in [1.165, 1.54) is 4.90 Å². The monoisotopic (exact) mass is 465 g/mol. The maximum Gasteiger partial charge on any atom is 0.246 e. The number of ether oxygens (including phenoxy) is 1. The number of benzene rings is 1. The van der Waals surface area contributed by atoms with Crippen LogP contribution in [0.4, 0.5) is 5.69 Å². The number of rotatable bonds is 5. The van der Waals surface area contributed by atoms with Crippen LogP contribution in [-0.4, -0.2) is 41.0 Å². The van der Waals surface area contributed by atoms with Gasteiger partial charge in [-0.3, -0.25) is 19.3 Å². The minimum atomic E-state index is -1.18. The molecule has 1 aromatic heterocycles. The summed E-state index contributed by atoms with van der Waals surface area (Å²) in [6.07, 6.45) is 3.11. The molecule has 4 heterocycles. The summed E-state index contributed by atoms with van der Waals surface area (Å²) >= 11 is 1.56. The van der Waals surface area contributed by atoms with Crippen LogP contribution in [0.3, 0.4) is 0 Å². The van der Waals surface area contributed by atoms with Crippen molar-refractivity contribution in [1.29, 1.82) is 0 Å². The second kappa shape index (κ2) is 7.81. The van der Waals surface area contributed by atoms with E-state index in [2.05, 4.69) is 10.6 Å². The molecule has 5 unspecified atom stereocenters. The fourth-order valence-corrected chi connectivity index (χ4v) is 5.83. The fourth-order valence-electron chi connectivity index (χ4n) is 5.18. The zero-order valence-corrected chi connectivity index (χ0v) is 19.6. The molecule has 1 aromatic carbocycles. The Kier molecular flexibility index (Phi) is 5.17. The molecule has 2 aromatic rings. The number of nitrogens with one attached hydrogen (secondary N) is 2. The van der Waals surface area contributed by atoms with Crippen LogP contribution in [0.2, 0.25) is 0 Å². The molecule has 7 nitrogen and oxygen atoms in total. The summed E-state index contributed by atoms with van der Waals surface area (Å²) in [5.74, 6) is -2.26. The highest BCUT2D eigenvalue weighted by Crippen LogP contribution is 2.55. The summed E-state index contributed by atoms with van der Waals surface area (Å²) in [4.78, 5) is 43.2. The van der Waals surface area contributed by atoms with Crippen LogP contribution in [-0.2, 0) is 25.7 Å². The Hall–Kier alpha value is -2.97. The topological polar surface area (TPSA) is 87.7 Å². The van der Waals surface area contributed by atoms with Gasteiger partial charge in [0.05, 0.1) is 24.5 Å². The molecule has 3 amide bonds. The summed E-state index contributed by atoms with van der Waals surface area (Å²) in [5, 5.41) is 7.93. The summed E-state index contributed by atoms with van der Waals surface area (Å²) in [6.45, 7) is 6.08. The van der Waals surface area contributed by atoms with E-state index in [9.17, 15) is 14.4 Å². The molecule has 2 fully saturated rings. The summed E-state index contributed by atoms with van der Waals surface area (Å²) in [5.41, 5.74) is -1.06. The molecule has 3 aliphatic heterocycles. The maximum atomic E-state index is 13.9. The smallest absolute Gasteiger partial charge is 0.246 e. The first-order chi connectivity index (χ1) is 15.7. The quantitative estimate of drug-likeness (QED) is 0.665. The predicted octanol–water partition coefficient (Wildman–Crippen LogP) is 2.63. The van der Waals surface area contributed by atoms with Crippen LogP contribution >= 0.6 is 11.3 Å². The highest BCUT2D eigenvalue weighted by molar-refractivity contribution is 7.09. The Labute approximate surface area is 196 Å². The standard InChI is InChI=1S/C25H27N3O4S/c1-24(2,3)27-22(30)20-25-12-11-17(32-25)18(21(29)26-14-16-10-7-13-33-16)19(25)23(31)28(20)15-8-5-4-6-9-15/h4-13,17-20H,14H2,1-3H3,(H,26,29)(H,27,30). The second-order valence-electron chi connectivity index (χ2n) is 9.78. The molecule has 0 radical (unpaired) electrons. The van der Waals surface area contributed by atoms with E-state index in [0.717, 1.165) is 4.88 Å². The Bertz CT molecular complexity index is 1110.